The zero-order valence-corrected chi connectivity index (χ0v) is 16.1. The van der Waals surface area contributed by atoms with Gasteiger partial charge in [-0.3, -0.25) is 4.79 Å². The molecule has 0 aliphatic heterocycles. The van der Waals surface area contributed by atoms with Crippen LogP contribution in [0.15, 0.2) is 0 Å². The van der Waals surface area contributed by atoms with Crippen molar-refractivity contribution in [3.63, 3.8) is 0 Å². The number of Topliss-reactive ketones (excluding diaryl/α,β-unsaturated/α-hetero) is 1. The van der Waals surface area contributed by atoms with Crippen molar-refractivity contribution in [2.45, 2.75) is 88.9 Å². The minimum absolute atomic E-state index is 0.00766. The topological polar surface area (TPSA) is 98.0 Å². The molecule has 0 unspecified atom stereocenters. The number of hydrogen-bond donors (Lipinski definition) is 4. The molecular formula is C21H34O5. The van der Waals surface area contributed by atoms with E-state index in [1.54, 1.807) is 6.92 Å². The van der Waals surface area contributed by atoms with E-state index in [1.165, 1.54) is 0 Å². The highest BCUT2D eigenvalue weighted by Gasteiger charge is 2.71. The van der Waals surface area contributed by atoms with Crippen LogP contribution in [-0.2, 0) is 4.79 Å². The average Bonchev–Trinajstić information content (AvgIpc) is 2.85. The molecule has 5 heteroatoms. The fourth-order valence-electron chi connectivity index (χ4n) is 7.98. The Balaban J connectivity index is 1.74. The molecule has 0 aromatic carbocycles. The van der Waals surface area contributed by atoms with Crippen LogP contribution < -0.4 is 0 Å². The van der Waals surface area contributed by atoms with Gasteiger partial charge in [0.15, 0.2) is 0 Å². The number of carbonyl (C=O) groups is 1. The Bertz CT molecular complexity index is 607. The van der Waals surface area contributed by atoms with Crippen LogP contribution in [0, 0.1) is 28.6 Å². The molecule has 5 nitrogen and oxygen atoms in total. The lowest BCUT2D eigenvalue weighted by Gasteiger charge is -2.66. The zero-order valence-electron chi connectivity index (χ0n) is 16.1. The normalized spacial score (nSPS) is 56.4. The molecular weight excluding hydrogens is 332 g/mol. The highest BCUT2D eigenvalue weighted by atomic mass is 16.3. The van der Waals surface area contributed by atoms with Gasteiger partial charge < -0.3 is 20.4 Å². The van der Waals surface area contributed by atoms with E-state index in [2.05, 4.69) is 6.92 Å². The largest absolute Gasteiger partial charge is 0.396 e. The molecule has 0 radical (unpaired) electrons. The first-order valence-electron chi connectivity index (χ1n) is 10.4. The molecule has 4 N–H and O–H groups in total. The van der Waals surface area contributed by atoms with Crippen molar-refractivity contribution >= 4 is 5.78 Å². The summed E-state index contributed by atoms with van der Waals surface area (Å²) in [6.45, 7) is 3.63. The molecule has 4 saturated carbocycles. The van der Waals surface area contributed by atoms with Gasteiger partial charge in [0.25, 0.3) is 0 Å². The Hall–Kier alpha value is -0.490. The van der Waals surface area contributed by atoms with Crippen LogP contribution in [-0.4, -0.2) is 50.1 Å². The highest BCUT2D eigenvalue weighted by molar-refractivity contribution is 5.80. The Morgan fingerprint density at radius 2 is 1.69 bits per heavy atom. The first kappa shape index (κ1) is 18.9. The maximum atomic E-state index is 12.2. The second-order valence-electron chi connectivity index (χ2n) is 10.1. The number of rotatable bonds is 2. The van der Waals surface area contributed by atoms with E-state index in [-0.39, 0.29) is 30.1 Å². The van der Waals surface area contributed by atoms with Crippen molar-refractivity contribution < 1.29 is 25.2 Å². The molecule has 0 bridgehead atoms. The van der Waals surface area contributed by atoms with Crippen molar-refractivity contribution in [2.75, 3.05) is 6.61 Å². The van der Waals surface area contributed by atoms with Gasteiger partial charge in [-0.15, -0.1) is 0 Å². The summed E-state index contributed by atoms with van der Waals surface area (Å²) in [5.41, 5.74) is -2.99. The number of aliphatic hydroxyl groups excluding tert-OH is 2. The quantitative estimate of drug-likeness (QED) is 0.597. The maximum Gasteiger partial charge on any atom is 0.133 e. The van der Waals surface area contributed by atoms with E-state index in [4.69, 9.17) is 0 Å². The molecule has 0 heterocycles. The number of aliphatic hydroxyl groups is 4. The van der Waals surface area contributed by atoms with E-state index in [0.29, 0.717) is 38.5 Å². The summed E-state index contributed by atoms with van der Waals surface area (Å²) >= 11 is 0. The predicted molar refractivity (Wildman–Crippen MR) is 96.2 cm³/mol. The summed E-state index contributed by atoms with van der Waals surface area (Å²) in [4.78, 5) is 12.2. The van der Waals surface area contributed by atoms with E-state index >= 15 is 0 Å². The molecule has 4 aliphatic rings. The average molecular weight is 366 g/mol. The molecule has 0 aromatic rings. The molecule has 0 spiro atoms. The third kappa shape index (κ3) is 2.09. The van der Waals surface area contributed by atoms with Gasteiger partial charge in [-0.25, -0.2) is 0 Å². The monoisotopic (exact) mass is 366 g/mol. The SMILES string of the molecule is CC(=O)[C@@H]1CC[C@]2(O)[C@H]3CC[C@@]4(O)C[C@@H](O)CC[C@]4(CO)[C@@H]3CC[C@]12C. The lowest BCUT2D eigenvalue weighted by molar-refractivity contribution is -0.269. The number of ketones is 1. The van der Waals surface area contributed by atoms with Crippen LogP contribution >= 0.6 is 0 Å². The smallest absolute Gasteiger partial charge is 0.133 e. The van der Waals surface area contributed by atoms with Crippen LogP contribution in [0.5, 0.6) is 0 Å². The molecule has 8 atom stereocenters. The van der Waals surface area contributed by atoms with Gasteiger partial charge in [0.2, 0.25) is 0 Å². The summed E-state index contributed by atoms with van der Waals surface area (Å²) in [6.07, 6.45) is 5.17. The Morgan fingerprint density at radius 1 is 1.00 bits per heavy atom. The number of fused-ring (bicyclic) bond motifs is 5. The Kier molecular flexibility index (Phi) is 4.17. The molecule has 148 valence electrons. The van der Waals surface area contributed by atoms with Gasteiger partial charge in [0, 0.05) is 23.2 Å². The summed E-state index contributed by atoms with van der Waals surface area (Å²) in [7, 11) is 0. The van der Waals surface area contributed by atoms with Crippen molar-refractivity contribution in [2.24, 2.45) is 28.6 Å². The zero-order chi connectivity index (χ0) is 19.0. The van der Waals surface area contributed by atoms with Crippen molar-refractivity contribution in [1.82, 2.24) is 0 Å². The van der Waals surface area contributed by atoms with Crippen molar-refractivity contribution in [1.29, 1.82) is 0 Å². The van der Waals surface area contributed by atoms with Gasteiger partial charge in [-0.1, -0.05) is 6.92 Å². The predicted octanol–water partition coefficient (Wildman–Crippen LogP) is 1.80. The fourth-order valence-corrected chi connectivity index (χ4v) is 7.98. The number of carbonyl (C=O) groups excluding carboxylic acids is 1. The van der Waals surface area contributed by atoms with Gasteiger partial charge in [-0.2, -0.15) is 0 Å². The maximum absolute atomic E-state index is 12.2. The van der Waals surface area contributed by atoms with Crippen LogP contribution in [0.1, 0.15) is 71.6 Å². The molecule has 4 rings (SSSR count). The van der Waals surface area contributed by atoms with Crippen LogP contribution in [0.3, 0.4) is 0 Å². The minimum atomic E-state index is -1.05. The molecule has 26 heavy (non-hydrogen) atoms. The molecule has 0 amide bonds. The summed E-state index contributed by atoms with van der Waals surface area (Å²) in [5, 5.41) is 43.8. The lowest BCUT2D eigenvalue weighted by atomic mass is 9.41. The second kappa shape index (κ2) is 5.76. The van der Waals surface area contributed by atoms with Crippen molar-refractivity contribution in [3.05, 3.63) is 0 Å². The molecule has 0 saturated heterocycles. The van der Waals surface area contributed by atoms with Gasteiger partial charge >= 0.3 is 0 Å². The standard InChI is InChI=1S/C21H34O5/c1-13(23)15-6-10-21(26)17-5-9-20(25)11-14(24)3-8-19(20,12-22)16(17)4-7-18(15,21)2/h14-17,22,24-26H,3-12H2,1-2H3/t14-,15-,16+,17-,18+,19-,20+,21-/m0/s1. The fraction of sp³-hybridized carbons (Fsp3) is 0.952. The van der Waals surface area contributed by atoms with E-state index < -0.39 is 28.1 Å². The molecule has 4 aliphatic carbocycles. The third-order valence-corrected chi connectivity index (χ3v) is 9.42. The third-order valence-electron chi connectivity index (χ3n) is 9.42. The second-order valence-corrected chi connectivity index (χ2v) is 10.1. The lowest BCUT2D eigenvalue weighted by Crippen LogP contribution is -2.69. The van der Waals surface area contributed by atoms with E-state index in [9.17, 15) is 25.2 Å². The summed E-state index contributed by atoms with van der Waals surface area (Å²) in [6, 6.07) is 0. The first-order valence-corrected chi connectivity index (χ1v) is 10.4. The number of hydrogen-bond acceptors (Lipinski definition) is 5. The van der Waals surface area contributed by atoms with Gasteiger partial charge in [-0.05, 0) is 70.1 Å². The van der Waals surface area contributed by atoms with E-state index in [0.717, 1.165) is 19.3 Å². The Labute approximate surface area is 155 Å². The van der Waals surface area contributed by atoms with Crippen LogP contribution in [0.25, 0.3) is 0 Å². The van der Waals surface area contributed by atoms with Gasteiger partial charge in [0.05, 0.1) is 23.9 Å². The summed E-state index contributed by atoms with van der Waals surface area (Å²) in [5.74, 6) is 0.134. The van der Waals surface area contributed by atoms with E-state index in [1.807, 2.05) is 0 Å². The Morgan fingerprint density at radius 3 is 2.35 bits per heavy atom. The first-order chi connectivity index (χ1) is 12.1. The van der Waals surface area contributed by atoms with Gasteiger partial charge in [0.1, 0.15) is 5.78 Å². The minimum Gasteiger partial charge on any atom is -0.396 e. The summed E-state index contributed by atoms with van der Waals surface area (Å²) < 4.78 is 0. The van der Waals surface area contributed by atoms with Crippen LogP contribution in [0.2, 0.25) is 0 Å². The van der Waals surface area contributed by atoms with Crippen LogP contribution in [0.4, 0.5) is 0 Å². The highest BCUT2D eigenvalue weighted by Crippen LogP contribution is 2.69. The molecule has 0 aromatic heterocycles. The van der Waals surface area contributed by atoms with Crippen molar-refractivity contribution in [3.8, 4) is 0 Å². The molecule has 4 fully saturated rings.